The first kappa shape index (κ1) is 17.2. The van der Waals surface area contributed by atoms with Crippen LogP contribution in [0.4, 0.5) is 5.69 Å². The summed E-state index contributed by atoms with van der Waals surface area (Å²) in [5.41, 5.74) is 7.01. The lowest BCUT2D eigenvalue weighted by atomic mass is 10.2. The third-order valence-electron chi connectivity index (χ3n) is 3.61. The fourth-order valence-electron chi connectivity index (χ4n) is 2.19. The highest BCUT2D eigenvalue weighted by Crippen LogP contribution is 2.24. The predicted molar refractivity (Wildman–Crippen MR) is 104 cm³/mol. The van der Waals surface area contributed by atoms with Gasteiger partial charge in [-0.15, -0.1) is 11.3 Å². The van der Waals surface area contributed by atoms with E-state index in [4.69, 9.17) is 11.6 Å². The number of rotatable bonds is 5. The van der Waals surface area contributed by atoms with Crippen molar-refractivity contribution in [2.75, 3.05) is 5.43 Å². The van der Waals surface area contributed by atoms with Crippen molar-refractivity contribution in [2.45, 2.75) is 13.3 Å². The largest absolute Gasteiger partial charge is 0.277 e. The quantitative estimate of drug-likeness (QED) is 0.488. The molecule has 1 aromatic heterocycles. The zero-order valence-corrected chi connectivity index (χ0v) is 15.1. The number of benzene rings is 2. The van der Waals surface area contributed by atoms with Crippen LogP contribution in [-0.4, -0.2) is 10.7 Å². The van der Waals surface area contributed by atoms with Gasteiger partial charge in [0.05, 0.1) is 11.4 Å². The molecule has 0 aliphatic carbocycles. The molecule has 1 heterocycles. The molecular formula is C19H15ClN4S. The topological polar surface area (TPSA) is 61.1 Å². The smallest absolute Gasteiger partial charge is 0.196 e. The van der Waals surface area contributed by atoms with Crippen LogP contribution >= 0.6 is 22.9 Å². The fraction of sp³-hybridized carbons (Fsp3) is 0.105. The number of nitrogens with zero attached hydrogens (tertiary/aromatic N) is 3. The lowest BCUT2D eigenvalue weighted by Crippen LogP contribution is -2.01. The minimum atomic E-state index is 0.254. The van der Waals surface area contributed by atoms with Crippen LogP contribution in [-0.2, 0) is 6.42 Å². The molecule has 0 unspecified atom stereocenters. The van der Waals surface area contributed by atoms with Gasteiger partial charge in [-0.2, -0.15) is 10.4 Å². The van der Waals surface area contributed by atoms with Gasteiger partial charge in [0.2, 0.25) is 0 Å². The van der Waals surface area contributed by atoms with Gasteiger partial charge in [-0.05, 0) is 36.2 Å². The van der Waals surface area contributed by atoms with E-state index in [1.807, 2.05) is 53.9 Å². The number of hydrogen-bond donors (Lipinski definition) is 1. The van der Waals surface area contributed by atoms with Gasteiger partial charge in [-0.25, -0.2) is 4.98 Å². The van der Waals surface area contributed by atoms with E-state index in [0.717, 1.165) is 23.4 Å². The van der Waals surface area contributed by atoms with Gasteiger partial charge in [-0.1, -0.05) is 42.8 Å². The van der Waals surface area contributed by atoms with Crippen molar-refractivity contribution in [2.24, 2.45) is 5.10 Å². The summed E-state index contributed by atoms with van der Waals surface area (Å²) >= 11 is 7.29. The minimum absolute atomic E-state index is 0.254. The second-order valence-corrected chi connectivity index (χ2v) is 6.57. The van der Waals surface area contributed by atoms with Crippen LogP contribution in [0.3, 0.4) is 0 Å². The Hall–Kier alpha value is -2.68. The van der Waals surface area contributed by atoms with Crippen LogP contribution in [0.25, 0.3) is 11.3 Å². The van der Waals surface area contributed by atoms with Crippen molar-refractivity contribution in [1.82, 2.24) is 4.98 Å². The molecule has 0 amide bonds. The van der Waals surface area contributed by atoms with Gasteiger partial charge in [0.15, 0.2) is 10.7 Å². The predicted octanol–water partition coefficient (Wildman–Crippen LogP) is 5.37. The first-order valence-electron chi connectivity index (χ1n) is 7.74. The van der Waals surface area contributed by atoms with E-state index in [0.29, 0.717) is 10.0 Å². The zero-order valence-electron chi connectivity index (χ0n) is 13.5. The molecule has 0 saturated carbocycles. The van der Waals surface area contributed by atoms with Crippen molar-refractivity contribution < 1.29 is 0 Å². The van der Waals surface area contributed by atoms with E-state index in [1.165, 1.54) is 16.9 Å². The first-order chi connectivity index (χ1) is 12.2. The van der Waals surface area contributed by atoms with Crippen molar-refractivity contribution in [3.05, 3.63) is 69.5 Å². The molecule has 1 N–H and O–H groups in total. The van der Waals surface area contributed by atoms with Crippen LogP contribution in [0.2, 0.25) is 5.02 Å². The number of thiazole rings is 1. The van der Waals surface area contributed by atoms with Crippen molar-refractivity contribution in [1.29, 1.82) is 5.26 Å². The SMILES string of the molecule is CCc1ccc(NN=C(C#N)c2nc(-c3ccc(Cl)cc3)cs2)cc1. The maximum Gasteiger partial charge on any atom is 0.196 e. The molecule has 0 fully saturated rings. The van der Waals surface area contributed by atoms with E-state index in [2.05, 4.69) is 28.5 Å². The summed E-state index contributed by atoms with van der Waals surface area (Å²) in [6, 6.07) is 17.5. The molecule has 3 aromatic rings. The van der Waals surface area contributed by atoms with Gasteiger partial charge < -0.3 is 0 Å². The molecule has 0 saturated heterocycles. The Morgan fingerprint density at radius 1 is 1.20 bits per heavy atom. The Bertz CT molecular complexity index is 921. The van der Waals surface area contributed by atoms with Gasteiger partial charge >= 0.3 is 0 Å². The second kappa shape index (κ2) is 7.93. The lowest BCUT2D eigenvalue weighted by molar-refractivity contribution is 1.14. The number of halogens is 1. The number of aromatic nitrogens is 1. The molecule has 0 spiro atoms. The molecule has 25 heavy (non-hydrogen) atoms. The molecule has 0 aliphatic rings. The summed E-state index contributed by atoms with van der Waals surface area (Å²) in [6.45, 7) is 2.11. The average molecular weight is 367 g/mol. The molecule has 124 valence electrons. The average Bonchev–Trinajstić information content (AvgIpc) is 3.13. The van der Waals surface area contributed by atoms with E-state index >= 15 is 0 Å². The first-order valence-corrected chi connectivity index (χ1v) is 9.00. The van der Waals surface area contributed by atoms with Gasteiger partial charge in [0, 0.05) is 16.0 Å². The van der Waals surface area contributed by atoms with Crippen LogP contribution in [0.5, 0.6) is 0 Å². The van der Waals surface area contributed by atoms with Crippen molar-refractivity contribution >= 4 is 34.3 Å². The number of hydrazone groups is 1. The third-order valence-corrected chi connectivity index (χ3v) is 4.71. The van der Waals surface area contributed by atoms with Gasteiger partial charge in [0.1, 0.15) is 6.07 Å². The summed E-state index contributed by atoms with van der Waals surface area (Å²) in [5.74, 6) is 0. The van der Waals surface area contributed by atoms with Crippen LogP contribution in [0, 0.1) is 11.3 Å². The monoisotopic (exact) mass is 366 g/mol. The van der Waals surface area contributed by atoms with Crippen LogP contribution in [0.15, 0.2) is 59.0 Å². The normalized spacial score (nSPS) is 11.2. The maximum absolute atomic E-state index is 9.38. The molecule has 4 nitrogen and oxygen atoms in total. The van der Waals surface area contributed by atoms with E-state index in [-0.39, 0.29) is 5.71 Å². The maximum atomic E-state index is 9.38. The van der Waals surface area contributed by atoms with E-state index in [1.54, 1.807) is 0 Å². The number of aryl methyl sites for hydroxylation is 1. The standard InChI is InChI=1S/C19H15ClN4S/c1-2-13-3-9-16(10-4-13)23-24-17(11-21)19-22-18(12-25-19)14-5-7-15(20)8-6-14/h3-10,12,23H,2H2,1H3. The molecular weight excluding hydrogens is 352 g/mol. The number of nitrogens with one attached hydrogen (secondary N) is 1. The Morgan fingerprint density at radius 3 is 2.56 bits per heavy atom. The van der Waals surface area contributed by atoms with Crippen LogP contribution in [0.1, 0.15) is 17.5 Å². The summed E-state index contributed by atoms with van der Waals surface area (Å²) in [6.07, 6.45) is 0.986. The Kier molecular flexibility index (Phi) is 5.44. The fourth-order valence-corrected chi connectivity index (χ4v) is 3.08. The Labute approximate surface area is 155 Å². The Balaban J connectivity index is 1.78. The number of anilines is 1. The van der Waals surface area contributed by atoms with Crippen molar-refractivity contribution in [3.63, 3.8) is 0 Å². The minimum Gasteiger partial charge on any atom is -0.277 e. The van der Waals surface area contributed by atoms with E-state index < -0.39 is 0 Å². The highest BCUT2D eigenvalue weighted by atomic mass is 35.5. The molecule has 3 rings (SSSR count). The second-order valence-electron chi connectivity index (χ2n) is 5.28. The lowest BCUT2D eigenvalue weighted by Gasteiger charge is -2.02. The third kappa shape index (κ3) is 4.24. The Morgan fingerprint density at radius 2 is 1.92 bits per heavy atom. The zero-order chi connectivity index (χ0) is 17.6. The van der Waals surface area contributed by atoms with Gasteiger partial charge in [0.25, 0.3) is 0 Å². The molecule has 2 aromatic carbocycles. The highest BCUT2D eigenvalue weighted by molar-refractivity contribution is 7.12. The molecule has 0 bridgehead atoms. The summed E-state index contributed by atoms with van der Waals surface area (Å²) in [5, 5.41) is 16.7. The van der Waals surface area contributed by atoms with Crippen molar-refractivity contribution in [3.8, 4) is 17.3 Å². The molecule has 0 radical (unpaired) electrons. The van der Waals surface area contributed by atoms with Gasteiger partial charge in [-0.3, -0.25) is 5.43 Å². The molecule has 0 atom stereocenters. The van der Waals surface area contributed by atoms with Crippen LogP contribution < -0.4 is 5.43 Å². The number of hydrogen-bond acceptors (Lipinski definition) is 5. The summed E-state index contributed by atoms with van der Waals surface area (Å²) in [4.78, 5) is 4.50. The van der Waals surface area contributed by atoms with E-state index in [9.17, 15) is 5.26 Å². The molecule has 6 heteroatoms. The molecule has 0 aliphatic heterocycles. The summed E-state index contributed by atoms with van der Waals surface area (Å²) < 4.78 is 0. The highest BCUT2D eigenvalue weighted by Gasteiger charge is 2.10. The number of nitriles is 1. The summed E-state index contributed by atoms with van der Waals surface area (Å²) in [7, 11) is 0.